The Kier molecular flexibility index (Phi) is 6.21. The third kappa shape index (κ3) is 4.53. The molecule has 8 rings (SSSR count). The van der Waals surface area contributed by atoms with E-state index in [2.05, 4.69) is 152 Å². The van der Waals surface area contributed by atoms with Gasteiger partial charge in [-0.15, -0.1) is 0 Å². The van der Waals surface area contributed by atoms with Gasteiger partial charge in [0.1, 0.15) is 11.4 Å². The number of aryl methyl sites for hydroxylation is 1. The molecule has 5 aromatic carbocycles. The van der Waals surface area contributed by atoms with Gasteiger partial charge in [0.15, 0.2) is 5.58 Å². The summed E-state index contributed by atoms with van der Waals surface area (Å²) in [5, 5.41) is 2.12. The maximum absolute atomic E-state index is 6.56. The van der Waals surface area contributed by atoms with Crippen LogP contribution in [0.15, 0.2) is 132 Å². The number of hydrogen-bond donors (Lipinski definition) is 0. The van der Waals surface area contributed by atoms with Crippen LogP contribution in [0.5, 0.6) is 0 Å². The highest BCUT2D eigenvalue weighted by atomic mass is 16.3. The van der Waals surface area contributed by atoms with E-state index in [0.717, 1.165) is 78.0 Å². The molecule has 0 saturated carbocycles. The molecule has 0 fully saturated rings. The van der Waals surface area contributed by atoms with Gasteiger partial charge in [-0.05, 0) is 65.4 Å². The summed E-state index contributed by atoms with van der Waals surface area (Å²) < 4.78 is 8.90. The lowest BCUT2D eigenvalue weighted by Gasteiger charge is -2.26. The number of hydrogen-bond acceptors (Lipinski definition) is 3. The molecule has 4 nitrogen and oxygen atoms in total. The molecule has 3 heterocycles. The summed E-state index contributed by atoms with van der Waals surface area (Å²) in [7, 11) is 0. The van der Waals surface area contributed by atoms with Crippen molar-refractivity contribution >= 4 is 33.0 Å². The van der Waals surface area contributed by atoms with Crippen LogP contribution >= 0.6 is 0 Å². The Balaban J connectivity index is 1.54. The van der Waals surface area contributed by atoms with Crippen molar-refractivity contribution in [2.45, 2.75) is 33.1 Å². The lowest BCUT2D eigenvalue weighted by Crippen LogP contribution is -2.13. The van der Waals surface area contributed by atoms with E-state index in [0.29, 0.717) is 0 Å². The van der Waals surface area contributed by atoms with Crippen LogP contribution in [0.3, 0.4) is 0 Å². The molecule has 4 heteroatoms. The van der Waals surface area contributed by atoms with E-state index < -0.39 is 0 Å². The average Bonchev–Trinajstić information content (AvgIpc) is 3.63. The lowest BCUT2D eigenvalue weighted by molar-refractivity contribution is 0.590. The Morgan fingerprint density at radius 3 is 1.96 bits per heavy atom. The second-order valence-corrected chi connectivity index (χ2v) is 12.8. The molecular formula is C41H33N3O. The second-order valence-electron chi connectivity index (χ2n) is 12.8. The van der Waals surface area contributed by atoms with E-state index in [4.69, 9.17) is 9.40 Å². The first kappa shape index (κ1) is 27.1. The first-order valence-electron chi connectivity index (χ1n) is 15.4. The Bertz CT molecular complexity index is 2300. The number of benzene rings is 5. The van der Waals surface area contributed by atoms with Crippen molar-refractivity contribution in [2.75, 3.05) is 0 Å². The minimum Gasteiger partial charge on any atom is -0.454 e. The smallest absolute Gasteiger partial charge is 0.153 e. The fraction of sp³-hybridized carbons (Fsp3) is 0.122. The number of fused-ring (bicyclic) bond motifs is 4. The van der Waals surface area contributed by atoms with Crippen molar-refractivity contribution in [2.24, 2.45) is 0 Å². The van der Waals surface area contributed by atoms with Crippen molar-refractivity contribution < 1.29 is 4.42 Å². The molecule has 0 N–H and O–H groups in total. The maximum Gasteiger partial charge on any atom is 0.153 e. The van der Waals surface area contributed by atoms with E-state index in [1.54, 1.807) is 0 Å². The van der Waals surface area contributed by atoms with Crippen LogP contribution in [-0.2, 0) is 5.41 Å². The zero-order chi connectivity index (χ0) is 30.7. The van der Waals surface area contributed by atoms with E-state index in [9.17, 15) is 0 Å². The van der Waals surface area contributed by atoms with Crippen LogP contribution in [0, 0.1) is 6.92 Å². The van der Waals surface area contributed by atoms with Gasteiger partial charge in [0.05, 0.1) is 28.5 Å². The number of aromatic nitrogens is 3. The average molecular weight is 584 g/mol. The summed E-state index contributed by atoms with van der Waals surface area (Å²) in [6.45, 7) is 8.85. The summed E-state index contributed by atoms with van der Waals surface area (Å²) in [5.41, 5.74) is 12.4. The standard InChI is InChI=1S/C41H33N3O/c1-26-22-34-30-18-13-19-31(39(30)45-37(34)25-42-26)40-43-35-20-11-12-21-36(35)44(40)38-32(27-14-7-5-8-15-27)23-29(41(2,3)4)24-33(38)28-16-9-6-10-17-28/h5-25H,1-4H3. The van der Waals surface area contributed by atoms with E-state index in [1.807, 2.05) is 13.1 Å². The summed E-state index contributed by atoms with van der Waals surface area (Å²) in [5.74, 6) is 0.836. The Hall–Kier alpha value is -5.48. The van der Waals surface area contributed by atoms with Gasteiger partial charge in [0, 0.05) is 27.6 Å². The van der Waals surface area contributed by atoms with E-state index >= 15 is 0 Å². The van der Waals surface area contributed by atoms with Gasteiger partial charge in [-0.1, -0.05) is 106 Å². The highest BCUT2D eigenvalue weighted by Gasteiger charge is 2.26. The number of para-hydroxylation sites is 3. The van der Waals surface area contributed by atoms with Gasteiger partial charge in [-0.25, -0.2) is 4.98 Å². The van der Waals surface area contributed by atoms with Gasteiger partial charge < -0.3 is 4.42 Å². The normalized spacial score (nSPS) is 12.0. The van der Waals surface area contributed by atoms with Crippen molar-refractivity contribution in [3.8, 4) is 39.3 Å². The fourth-order valence-electron chi connectivity index (χ4n) is 6.40. The molecule has 0 aliphatic heterocycles. The minimum atomic E-state index is -0.0581. The lowest BCUT2D eigenvalue weighted by atomic mass is 9.82. The molecule has 0 amide bonds. The number of rotatable bonds is 4. The first-order valence-corrected chi connectivity index (χ1v) is 15.4. The Morgan fingerprint density at radius 1 is 0.644 bits per heavy atom. The van der Waals surface area contributed by atoms with Crippen molar-refractivity contribution in [1.82, 2.24) is 14.5 Å². The zero-order valence-electron chi connectivity index (χ0n) is 25.9. The van der Waals surface area contributed by atoms with Crippen molar-refractivity contribution in [3.63, 3.8) is 0 Å². The SMILES string of the molecule is Cc1cc2c(cn1)oc1c(-c3nc4ccccc4n3-c3c(-c4ccccc4)cc(C(C)(C)C)cc3-c3ccccc3)cccc12. The monoisotopic (exact) mass is 583 g/mol. The molecule has 0 atom stereocenters. The van der Waals surface area contributed by atoms with E-state index in [1.165, 1.54) is 5.56 Å². The third-order valence-corrected chi connectivity index (χ3v) is 8.69. The van der Waals surface area contributed by atoms with Crippen molar-refractivity contribution in [3.05, 3.63) is 139 Å². The Labute approximate surface area is 262 Å². The predicted octanol–water partition coefficient (Wildman–Crippen LogP) is 10.9. The molecule has 0 radical (unpaired) electrons. The molecular weight excluding hydrogens is 550 g/mol. The van der Waals surface area contributed by atoms with Crippen LogP contribution in [-0.4, -0.2) is 14.5 Å². The summed E-state index contributed by atoms with van der Waals surface area (Å²) in [6.07, 6.45) is 1.82. The maximum atomic E-state index is 6.56. The van der Waals surface area contributed by atoms with Gasteiger partial charge in [0.25, 0.3) is 0 Å². The number of nitrogens with zero attached hydrogens (tertiary/aromatic N) is 3. The van der Waals surface area contributed by atoms with Gasteiger partial charge in [-0.3, -0.25) is 9.55 Å². The topological polar surface area (TPSA) is 43.9 Å². The van der Waals surface area contributed by atoms with Gasteiger partial charge >= 0.3 is 0 Å². The molecule has 0 unspecified atom stereocenters. The van der Waals surface area contributed by atoms with Crippen LogP contribution in [0.4, 0.5) is 0 Å². The highest BCUT2D eigenvalue weighted by Crippen LogP contribution is 2.44. The fourth-order valence-corrected chi connectivity index (χ4v) is 6.40. The summed E-state index contributed by atoms with van der Waals surface area (Å²) in [6, 6.07) is 43.0. The molecule has 8 aromatic rings. The minimum absolute atomic E-state index is 0.0581. The molecule has 0 spiro atoms. The molecule has 0 aliphatic carbocycles. The predicted molar refractivity (Wildman–Crippen MR) is 186 cm³/mol. The van der Waals surface area contributed by atoms with Crippen LogP contribution in [0.25, 0.3) is 72.3 Å². The zero-order valence-corrected chi connectivity index (χ0v) is 25.9. The second kappa shape index (κ2) is 10.3. The summed E-state index contributed by atoms with van der Waals surface area (Å²) in [4.78, 5) is 9.83. The number of imidazole rings is 1. The highest BCUT2D eigenvalue weighted by molar-refractivity contribution is 6.09. The molecule has 0 aliphatic rings. The third-order valence-electron chi connectivity index (χ3n) is 8.69. The molecule has 0 bridgehead atoms. The largest absolute Gasteiger partial charge is 0.454 e. The van der Waals surface area contributed by atoms with Crippen LogP contribution < -0.4 is 0 Å². The molecule has 3 aromatic heterocycles. The van der Waals surface area contributed by atoms with Gasteiger partial charge in [0.2, 0.25) is 0 Å². The van der Waals surface area contributed by atoms with Crippen LogP contribution in [0.1, 0.15) is 32.0 Å². The van der Waals surface area contributed by atoms with E-state index in [-0.39, 0.29) is 5.41 Å². The van der Waals surface area contributed by atoms with Crippen LogP contribution in [0.2, 0.25) is 0 Å². The number of furan rings is 1. The molecule has 0 saturated heterocycles. The summed E-state index contributed by atoms with van der Waals surface area (Å²) >= 11 is 0. The van der Waals surface area contributed by atoms with Gasteiger partial charge in [-0.2, -0.15) is 0 Å². The van der Waals surface area contributed by atoms with Crippen molar-refractivity contribution in [1.29, 1.82) is 0 Å². The molecule has 218 valence electrons. The first-order chi connectivity index (χ1) is 21.9. The molecule has 45 heavy (non-hydrogen) atoms. The quantitative estimate of drug-likeness (QED) is 0.207. The Morgan fingerprint density at radius 2 is 1.29 bits per heavy atom. The number of pyridine rings is 1.